The number of rotatable bonds is 5. The minimum Gasteiger partial charge on any atom is -0.392 e. The van der Waals surface area contributed by atoms with E-state index >= 15 is 0 Å². The number of aliphatic hydroxyl groups is 1. The van der Waals surface area contributed by atoms with Crippen molar-refractivity contribution in [3.8, 4) is 0 Å². The number of amides is 1. The fraction of sp³-hybridized carbons (Fsp3) is 0.462. The topological polar surface area (TPSA) is 95.5 Å². The predicted molar refractivity (Wildman–Crippen MR) is 76.2 cm³/mol. The van der Waals surface area contributed by atoms with Gasteiger partial charge in [-0.15, -0.1) is 0 Å². The van der Waals surface area contributed by atoms with Gasteiger partial charge in [0, 0.05) is 12.1 Å². The highest BCUT2D eigenvalue weighted by Crippen LogP contribution is 2.20. The molecule has 0 spiro atoms. The molecule has 1 rings (SSSR count). The molecule has 1 amide bonds. The molecule has 0 aliphatic heterocycles. The van der Waals surface area contributed by atoms with Crippen LogP contribution in [0.1, 0.15) is 28.4 Å². The molecule has 0 fully saturated rings. The molecule has 0 aliphatic rings. The maximum Gasteiger partial charge on any atom is 0.251 e. The van der Waals surface area contributed by atoms with Gasteiger partial charge in [-0.3, -0.25) is 4.79 Å². The lowest BCUT2D eigenvalue weighted by molar-refractivity contribution is 0.0923. The number of benzene rings is 1. The van der Waals surface area contributed by atoms with Gasteiger partial charge in [-0.25, -0.2) is 13.1 Å². The second-order valence-electron chi connectivity index (χ2n) is 4.68. The molecule has 0 radical (unpaired) electrons. The summed E-state index contributed by atoms with van der Waals surface area (Å²) in [5, 5.41) is 11.7. The van der Waals surface area contributed by atoms with Gasteiger partial charge in [-0.05, 0) is 51.1 Å². The van der Waals surface area contributed by atoms with Gasteiger partial charge in [0.2, 0.25) is 10.0 Å². The monoisotopic (exact) mass is 300 g/mol. The first kappa shape index (κ1) is 16.6. The third kappa shape index (κ3) is 3.78. The third-order valence-electron chi connectivity index (χ3n) is 3.00. The first-order valence-electron chi connectivity index (χ1n) is 6.20. The zero-order valence-electron chi connectivity index (χ0n) is 12.0. The van der Waals surface area contributed by atoms with E-state index in [2.05, 4.69) is 10.0 Å². The van der Waals surface area contributed by atoms with Crippen LogP contribution in [0.2, 0.25) is 0 Å². The van der Waals surface area contributed by atoms with Crippen LogP contribution in [0.25, 0.3) is 0 Å². The minimum atomic E-state index is -3.62. The highest BCUT2D eigenvalue weighted by Gasteiger charge is 2.19. The molecule has 1 aromatic carbocycles. The van der Waals surface area contributed by atoms with E-state index in [0.717, 1.165) is 0 Å². The Morgan fingerprint density at radius 3 is 2.45 bits per heavy atom. The lowest BCUT2D eigenvalue weighted by Gasteiger charge is -2.13. The number of sulfonamides is 1. The molecule has 0 bridgehead atoms. The van der Waals surface area contributed by atoms with Crippen LogP contribution >= 0.6 is 0 Å². The molecule has 0 aliphatic carbocycles. The van der Waals surface area contributed by atoms with Gasteiger partial charge in [-0.2, -0.15) is 0 Å². The second-order valence-corrected chi connectivity index (χ2v) is 6.54. The zero-order valence-corrected chi connectivity index (χ0v) is 12.8. The van der Waals surface area contributed by atoms with E-state index in [0.29, 0.717) is 11.1 Å². The Morgan fingerprint density at radius 1 is 1.35 bits per heavy atom. The van der Waals surface area contributed by atoms with Crippen molar-refractivity contribution in [2.24, 2.45) is 0 Å². The van der Waals surface area contributed by atoms with E-state index in [1.54, 1.807) is 26.8 Å². The number of carbonyl (C=O) groups is 1. The summed E-state index contributed by atoms with van der Waals surface area (Å²) in [6.07, 6.45) is -0.661. The SMILES string of the molecule is CNS(=O)(=O)c1cc(C(=O)NCC(C)O)cc(C)c1C. The summed E-state index contributed by atoms with van der Waals surface area (Å²) in [4.78, 5) is 12.0. The molecule has 6 nitrogen and oxygen atoms in total. The normalized spacial score (nSPS) is 13.1. The van der Waals surface area contributed by atoms with Crippen molar-refractivity contribution in [3.63, 3.8) is 0 Å². The van der Waals surface area contributed by atoms with Crippen molar-refractivity contribution in [1.29, 1.82) is 0 Å². The molecule has 1 unspecified atom stereocenters. The first-order chi connectivity index (χ1) is 9.19. The Labute approximate surface area is 119 Å². The largest absolute Gasteiger partial charge is 0.392 e. The Kier molecular flexibility index (Phi) is 5.27. The van der Waals surface area contributed by atoms with Crippen molar-refractivity contribution in [3.05, 3.63) is 28.8 Å². The summed E-state index contributed by atoms with van der Waals surface area (Å²) in [5.41, 5.74) is 1.57. The van der Waals surface area contributed by atoms with E-state index in [1.165, 1.54) is 13.1 Å². The van der Waals surface area contributed by atoms with Crippen molar-refractivity contribution < 1.29 is 18.3 Å². The number of nitrogens with one attached hydrogen (secondary N) is 2. The van der Waals surface area contributed by atoms with Crippen LogP contribution in [0.15, 0.2) is 17.0 Å². The lowest BCUT2D eigenvalue weighted by atomic mass is 10.1. The van der Waals surface area contributed by atoms with E-state index < -0.39 is 22.0 Å². The van der Waals surface area contributed by atoms with Gasteiger partial charge in [-0.1, -0.05) is 0 Å². The summed E-state index contributed by atoms with van der Waals surface area (Å²) in [5.74, 6) is -0.415. The standard InChI is InChI=1S/C13H20N2O4S/c1-8-5-11(13(17)15-7-9(2)16)6-12(10(8)3)20(18,19)14-4/h5-6,9,14,16H,7H2,1-4H3,(H,15,17). The van der Waals surface area contributed by atoms with Gasteiger partial charge in [0.15, 0.2) is 0 Å². The lowest BCUT2D eigenvalue weighted by Crippen LogP contribution is -2.31. The van der Waals surface area contributed by atoms with E-state index in [-0.39, 0.29) is 17.0 Å². The van der Waals surface area contributed by atoms with Crippen LogP contribution in [0.3, 0.4) is 0 Å². The molecule has 0 aromatic heterocycles. The van der Waals surface area contributed by atoms with Crippen LogP contribution in [0.5, 0.6) is 0 Å². The average molecular weight is 300 g/mol. The van der Waals surface area contributed by atoms with Crippen LogP contribution < -0.4 is 10.0 Å². The van der Waals surface area contributed by atoms with Crippen molar-refractivity contribution >= 4 is 15.9 Å². The van der Waals surface area contributed by atoms with E-state index in [9.17, 15) is 13.2 Å². The molecule has 7 heteroatoms. The third-order valence-corrected chi connectivity index (χ3v) is 4.54. The van der Waals surface area contributed by atoms with Crippen LogP contribution in [-0.4, -0.2) is 39.1 Å². The van der Waals surface area contributed by atoms with Gasteiger partial charge in [0.05, 0.1) is 11.0 Å². The molecule has 20 heavy (non-hydrogen) atoms. The molecule has 0 saturated carbocycles. The highest BCUT2D eigenvalue weighted by molar-refractivity contribution is 7.89. The molecular weight excluding hydrogens is 280 g/mol. The zero-order chi connectivity index (χ0) is 15.5. The number of aliphatic hydroxyl groups excluding tert-OH is 1. The highest BCUT2D eigenvalue weighted by atomic mass is 32.2. The molecule has 1 atom stereocenters. The molecular formula is C13H20N2O4S. The van der Waals surface area contributed by atoms with Gasteiger partial charge in [0.1, 0.15) is 0 Å². The molecule has 0 saturated heterocycles. The van der Waals surface area contributed by atoms with Crippen LogP contribution in [0, 0.1) is 13.8 Å². The summed E-state index contributed by atoms with van der Waals surface area (Å²) < 4.78 is 26.1. The van der Waals surface area contributed by atoms with E-state index in [1.807, 2.05) is 0 Å². The minimum absolute atomic E-state index is 0.0854. The fourth-order valence-electron chi connectivity index (χ4n) is 1.69. The molecule has 1 aromatic rings. The van der Waals surface area contributed by atoms with E-state index in [4.69, 9.17) is 5.11 Å². The van der Waals surface area contributed by atoms with Crippen LogP contribution in [-0.2, 0) is 10.0 Å². The Balaban J connectivity index is 3.22. The average Bonchev–Trinajstić information content (AvgIpc) is 2.38. The van der Waals surface area contributed by atoms with Gasteiger partial charge in [0.25, 0.3) is 5.91 Å². The molecule has 3 N–H and O–H groups in total. The van der Waals surface area contributed by atoms with Crippen molar-refractivity contribution in [1.82, 2.24) is 10.0 Å². The Hall–Kier alpha value is -1.44. The smallest absolute Gasteiger partial charge is 0.251 e. The second kappa shape index (κ2) is 6.34. The Morgan fingerprint density at radius 2 is 1.95 bits per heavy atom. The molecule has 0 heterocycles. The van der Waals surface area contributed by atoms with Crippen LogP contribution in [0.4, 0.5) is 0 Å². The number of aryl methyl sites for hydroxylation is 1. The summed E-state index contributed by atoms with van der Waals surface area (Å²) in [6, 6.07) is 2.97. The number of carbonyl (C=O) groups excluding carboxylic acids is 1. The predicted octanol–water partition coefficient (Wildman–Crippen LogP) is 0.322. The fourth-order valence-corrected chi connectivity index (χ4v) is 2.76. The maximum absolute atomic E-state index is 11.9. The summed E-state index contributed by atoms with van der Waals surface area (Å²) in [6.45, 7) is 5.10. The van der Waals surface area contributed by atoms with Gasteiger partial charge < -0.3 is 10.4 Å². The van der Waals surface area contributed by atoms with Gasteiger partial charge >= 0.3 is 0 Å². The number of hydrogen-bond acceptors (Lipinski definition) is 4. The number of hydrogen-bond donors (Lipinski definition) is 3. The summed E-state index contributed by atoms with van der Waals surface area (Å²) >= 11 is 0. The first-order valence-corrected chi connectivity index (χ1v) is 7.68. The maximum atomic E-state index is 11.9. The van der Waals surface area contributed by atoms with Crippen molar-refractivity contribution in [2.45, 2.75) is 31.8 Å². The Bertz CT molecular complexity index is 609. The van der Waals surface area contributed by atoms with Crippen molar-refractivity contribution in [2.75, 3.05) is 13.6 Å². The molecule has 112 valence electrons. The quantitative estimate of drug-likeness (QED) is 0.730. The summed E-state index contributed by atoms with van der Waals surface area (Å²) in [7, 11) is -2.29.